The predicted molar refractivity (Wildman–Crippen MR) is 101 cm³/mol. The number of piperidine rings is 1. The Morgan fingerprint density at radius 1 is 1.31 bits per heavy atom. The summed E-state index contributed by atoms with van der Waals surface area (Å²) in [6.07, 6.45) is 1.63. The number of carbonyl (C=O) groups is 2. The van der Waals surface area contributed by atoms with E-state index in [9.17, 15) is 9.59 Å². The van der Waals surface area contributed by atoms with E-state index in [-0.39, 0.29) is 30.4 Å². The first-order valence-electron chi connectivity index (χ1n) is 9.34. The van der Waals surface area contributed by atoms with E-state index in [4.69, 9.17) is 10.5 Å². The van der Waals surface area contributed by atoms with Crippen LogP contribution in [0.4, 0.5) is 4.79 Å². The molecule has 0 radical (unpaired) electrons. The number of amides is 2. The smallest absolute Gasteiger partial charge is 0.410 e. The second-order valence-electron chi connectivity index (χ2n) is 7.48. The Morgan fingerprint density at radius 3 is 2.65 bits per heavy atom. The Balaban J connectivity index is 1.82. The molecule has 1 aliphatic rings. The van der Waals surface area contributed by atoms with Crippen LogP contribution in [-0.4, -0.2) is 54.5 Å². The van der Waals surface area contributed by atoms with E-state index in [1.54, 1.807) is 16.8 Å². The number of carbonyl (C=O) groups excluding carboxylic acids is 2. The molecule has 26 heavy (non-hydrogen) atoms. The summed E-state index contributed by atoms with van der Waals surface area (Å²) in [5, 5.41) is 0. The van der Waals surface area contributed by atoms with Gasteiger partial charge in [0.1, 0.15) is 6.61 Å². The summed E-state index contributed by atoms with van der Waals surface area (Å²) in [5.74, 6) is 0.325. The topological polar surface area (TPSA) is 75.9 Å². The third kappa shape index (κ3) is 5.73. The number of nitrogens with two attached hydrogens (primary N) is 1. The third-order valence-corrected chi connectivity index (χ3v) is 4.89. The van der Waals surface area contributed by atoms with Crippen LogP contribution in [0.25, 0.3) is 0 Å². The fourth-order valence-corrected chi connectivity index (χ4v) is 3.21. The number of hydrogen-bond acceptors (Lipinski definition) is 4. The van der Waals surface area contributed by atoms with E-state index >= 15 is 0 Å². The van der Waals surface area contributed by atoms with Crippen molar-refractivity contribution in [2.75, 3.05) is 26.7 Å². The van der Waals surface area contributed by atoms with Crippen LogP contribution in [0.3, 0.4) is 0 Å². The number of hydrogen-bond donors (Lipinski definition) is 1. The molecule has 1 heterocycles. The number of nitrogens with zero attached hydrogens (tertiary/aromatic N) is 2. The maximum Gasteiger partial charge on any atom is 0.410 e. The lowest BCUT2D eigenvalue weighted by Gasteiger charge is -2.35. The van der Waals surface area contributed by atoms with Gasteiger partial charge in [0.15, 0.2) is 0 Å². The Kier molecular flexibility index (Phi) is 7.45. The van der Waals surface area contributed by atoms with Crippen LogP contribution in [0.2, 0.25) is 0 Å². The quantitative estimate of drug-likeness (QED) is 0.844. The fraction of sp³-hybridized carbons (Fsp3) is 0.600. The van der Waals surface area contributed by atoms with Gasteiger partial charge in [0.2, 0.25) is 5.91 Å². The van der Waals surface area contributed by atoms with Gasteiger partial charge in [-0.15, -0.1) is 0 Å². The largest absolute Gasteiger partial charge is 0.445 e. The van der Waals surface area contributed by atoms with Crippen molar-refractivity contribution in [3.05, 3.63) is 35.9 Å². The minimum atomic E-state index is -0.476. The second-order valence-corrected chi connectivity index (χ2v) is 7.48. The van der Waals surface area contributed by atoms with Crippen LogP contribution in [0.5, 0.6) is 0 Å². The molecule has 0 aliphatic carbocycles. The van der Waals surface area contributed by atoms with E-state index in [2.05, 4.69) is 0 Å². The second kappa shape index (κ2) is 9.57. The van der Waals surface area contributed by atoms with Crippen molar-refractivity contribution in [2.45, 2.75) is 39.3 Å². The summed E-state index contributed by atoms with van der Waals surface area (Å²) in [6.45, 7) is 6.10. The van der Waals surface area contributed by atoms with Crippen molar-refractivity contribution in [3.8, 4) is 0 Å². The zero-order valence-electron chi connectivity index (χ0n) is 16.1. The number of likely N-dealkylation sites (tertiary alicyclic amines) is 1. The summed E-state index contributed by atoms with van der Waals surface area (Å²) in [4.78, 5) is 28.1. The maximum absolute atomic E-state index is 12.3. The van der Waals surface area contributed by atoms with Crippen LogP contribution in [-0.2, 0) is 16.1 Å². The Labute approximate surface area is 156 Å². The van der Waals surface area contributed by atoms with Crippen molar-refractivity contribution in [3.63, 3.8) is 0 Å². The van der Waals surface area contributed by atoms with Crippen LogP contribution >= 0.6 is 0 Å². The highest BCUT2D eigenvalue weighted by molar-refractivity contribution is 5.81. The molecule has 1 fully saturated rings. The van der Waals surface area contributed by atoms with Crippen molar-refractivity contribution in [1.82, 2.24) is 9.80 Å². The Bertz CT molecular complexity index is 591. The van der Waals surface area contributed by atoms with Crippen LogP contribution in [0.1, 0.15) is 32.3 Å². The van der Waals surface area contributed by atoms with Gasteiger partial charge in [-0.05, 0) is 30.2 Å². The summed E-state index contributed by atoms with van der Waals surface area (Å²) >= 11 is 0. The molecule has 2 amide bonds. The average Bonchev–Trinajstić information content (AvgIpc) is 2.65. The first-order chi connectivity index (χ1) is 12.4. The molecule has 1 unspecified atom stereocenters. The molecule has 0 bridgehead atoms. The summed E-state index contributed by atoms with van der Waals surface area (Å²) in [5.41, 5.74) is 6.94. The summed E-state index contributed by atoms with van der Waals surface area (Å²) in [7, 11) is 1.79. The van der Waals surface area contributed by atoms with Crippen LogP contribution in [0.15, 0.2) is 30.3 Å². The summed E-state index contributed by atoms with van der Waals surface area (Å²) < 4.78 is 5.42. The highest BCUT2D eigenvalue weighted by Crippen LogP contribution is 2.19. The zero-order valence-corrected chi connectivity index (χ0v) is 16.1. The molecule has 0 aromatic heterocycles. The Hall–Kier alpha value is -2.08. The number of rotatable bonds is 6. The molecule has 1 aromatic rings. The molecule has 2 atom stereocenters. The summed E-state index contributed by atoms with van der Waals surface area (Å²) in [6, 6.07) is 9.18. The van der Waals surface area contributed by atoms with E-state index in [1.165, 1.54) is 0 Å². The highest BCUT2D eigenvalue weighted by atomic mass is 16.6. The van der Waals surface area contributed by atoms with Crippen LogP contribution in [0, 0.1) is 11.8 Å². The van der Waals surface area contributed by atoms with E-state index in [0.29, 0.717) is 19.6 Å². The molecular weight excluding hydrogens is 330 g/mol. The zero-order chi connectivity index (χ0) is 19.1. The minimum absolute atomic E-state index is 0.0382. The van der Waals surface area contributed by atoms with E-state index < -0.39 is 6.04 Å². The molecule has 144 valence electrons. The highest BCUT2D eigenvalue weighted by Gasteiger charge is 2.28. The van der Waals surface area contributed by atoms with Gasteiger partial charge < -0.3 is 20.3 Å². The molecule has 6 heteroatoms. The standard InChI is InChI=1S/C20H31N3O3/c1-15(2)18(21)19(24)22(3)12-17-10-7-11-23(13-17)20(25)26-14-16-8-5-4-6-9-16/h4-6,8-9,15,17-18H,7,10-14,21H2,1-3H3/t17?,18-/m0/s1. The van der Waals surface area contributed by atoms with E-state index in [0.717, 1.165) is 18.4 Å². The van der Waals surface area contributed by atoms with Crippen molar-refractivity contribution < 1.29 is 14.3 Å². The molecule has 2 rings (SSSR count). The lowest BCUT2D eigenvalue weighted by Crippen LogP contribution is -2.49. The maximum atomic E-state index is 12.3. The van der Waals surface area contributed by atoms with Gasteiger partial charge in [-0.3, -0.25) is 4.79 Å². The molecule has 2 N–H and O–H groups in total. The molecule has 1 aromatic carbocycles. The van der Waals surface area contributed by atoms with Gasteiger partial charge in [-0.2, -0.15) is 0 Å². The molecule has 0 spiro atoms. The number of benzene rings is 1. The minimum Gasteiger partial charge on any atom is -0.445 e. The van der Waals surface area contributed by atoms with Crippen molar-refractivity contribution >= 4 is 12.0 Å². The Morgan fingerprint density at radius 2 is 2.00 bits per heavy atom. The normalized spacial score (nSPS) is 18.5. The molecule has 1 aliphatic heterocycles. The molecular formula is C20H31N3O3. The first-order valence-corrected chi connectivity index (χ1v) is 9.34. The van der Waals surface area contributed by atoms with Crippen LogP contribution < -0.4 is 5.73 Å². The molecule has 6 nitrogen and oxygen atoms in total. The van der Waals surface area contributed by atoms with E-state index in [1.807, 2.05) is 44.2 Å². The molecule has 1 saturated heterocycles. The van der Waals surface area contributed by atoms with Crippen molar-refractivity contribution in [2.24, 2.45) is 17.6 Å². The number of ether oxygens (including phenoxy) is 1. The van der Waals surface area contributed by atoms with Gasteiger partial charge >= 0.3 is 6.09 Å². The SMILES string of the molecule is CC(C)[C@H](N)C(=O)N(C)CC1CCCN(C(=O)OCc2ccccc2)C1. The van der Waals surface area contributed by atoms with Gasteiger partial charge in [0.05, 0.1) is 6.04 Å². The lowest BCUT2D eigenvalue weighted by molar-refractivity contribution is -0.133. The van der Waals surface area contributed by atoms with Gasteiger partial charge in [-0.1, -0.05) is 44.2 Å². The van der Waals surface area contributed by atoms with Crippen molar-refractivity contribution in [1.29, 1.82) is 0 Å². The number of likely N-dealkylation sites (N-methyl/N-ethyl adjacent to an activating group) is 1. The fourth-order valence-electron chi connectivity index (χ4n) is 3.21. The lowest BCUT2D eigenvalue weighted by atomic mass is 9.97. The van der Waals surface area contributed by atoms with Gasteiger partial charge in [-0.25, -0.2) is 4.79 Å². The van der Waals surface area contributed by atoms with Gasteiger partial charge in [0.25, 0.3) is 0 Å². The first kappa shape index (κ1) is 20.2. The van der Waals surface area contributed by atoms with Gasteiger partial charge in [0, 0.05) is 26.7 Å². The average molecular weight is 361 g/mol. The molecule has 0 saturated carbocycles. The third-order valence-electron chi connectivity index (χ3n) is 4.89. The monoisotopic (exact) mass is 361 g/mol. The predicted octanol–water partition coefficient (Wildman–Crippen LogP) is 2.48.